The molecular formula is C16H16N6S2. The first-order valence-corrected chi connectivity index (χ1v) is 9.47. The van der Waals surface area contributed by atoms with E-state index in [1.807, 2.05) is 17.6 Å². The molecule has 4 rings (SSSR count). The van der Waals surface area contributed by atoms with Gasteiger partial charge in [-0.15, -0.1) is 22.7 Å². The maximum atomic E-state index is 4.70. The third kappa shape index (κ3) is 3.60. The van der Waals surface area contributed by atoms with Gasteiger partial charge < -0.3 is 10.6 Å². The van der Waals surface area contributed by atoms with Crippen LogP contribution in [0.15, 0.2) is 40.3 Å². The number of aliphatic imine (C=N–C) groups is 1. The molecule has 122 valence electrons. The molecule has 2 N–H and O–H groups in total. The molecule has 0 unspecified atom stereocenters. The average molecular weight is 356 g/mol. The highest BCUT2D eigenvalue weighted by atomic mass is 32.1. The maximum Gasteiger partial charge on any atom is 0.197 e. The second-order valence-electron chi connectivity index (χ2n) is 5.34. The summed E-state index contributed by atoms with van der Waals surface area (Å²) in [6.45, 7) is 1.81. The number of guanidine groups is 1. The van der Waals surface area contributed by atoms with Crippen LogP contribution in [-0.2, 0) is 6.42 Å². The van der Waals surface area contributed by atoms with Crippen molar-refractivity contribution in [3.8, 4) is 11.4 Å². The minimum absolute atomic E-state index is 0.800. The van der Waals surface area contributed by atoms with Gasteiger partial charge in [-0.1, -0.05) is 6.07 Å². The lowest BCUT2D eigenvalue weighted by Gasteiger charge is -2.13. The quantitative estimate of drug-likeness (QED) is 0.752. The number of pyridine rings is 1. The standard InChI is InChI=1S/C16H16N6S2/c1-3-11(8-17-4-1)7-14-20-12(9-23-14)13-10-24-16(21-13)22-15-18-5-2-6-19-15/h1,3-4,8-10H,2,5-7H2,(H2,18,19,21,22). The molecule has 0 fully saturated rings. The van der Waals surface area contributed by atoms with Crippen molar-refractivity contribution in [2.45, 2.75) is 12.8 Å². The van der Waals surface area contributed by atoms with Crippen molar-refractivity contribution < 1.29 is 0 Å². The Bertz CT molecular complexity index is 839. The summed E-state index contributed by atoms with van der Waals surface area (Å²) in [5.41, 5.74) is 2.98. The van der Waals surface area contributed by atoms with Crippen molar-refractivity contribution in [3.05, 3.63) is 45.9 Å². The largest absolute Gasteiger partial charge is 0.356 e. The molecule has 0 aliphatic carbocycles. The molecule has 24 heavy (non-hydrogen) atoms. The predicted molar refractivity (Wildman–Crippen MR) is 98.8 cm³/mol. The van der Waals surface area contributed by atoms with Crippen LogP contribution in [0.1, 0.15) is 17.0 Å². The second kappa shape index (κ2) is 7.06. The topological polar surface area (TPSA) is 75.1 Å². The van der Waals surface area contributed by atoms with Crippen LogP contribution in [-0.4, -0.2) is 34.0 Å². The summed E-state index contributed by atoms with van der Waals surface area (Å²) in [6, 6.07) is 4.01. The van der Waals surface area contributed by atoms with Crippen LogP contribution >= 0.6 is 22.7 Å². The first kappa shape index (κ1) is 15.2. The van der Waals surface area contributed by atoms with Crippen molar-refractivity contribution in [1.82, 2.24) is 20.3 Å². The van der Waals surface area contributed by atoms with E-state index in [-0.39, 0.29) is 0 Å². The van der Waals surface area contributed by atoms with Gasteiger partial charge in [0.05, 0.1) is 5.01 Å². The molecule has 3 aromatic rings. The molecule has 3 aromatic heterocycles. The zero-order valence-electron chi connectivity index (χ0n) is 12.9. The lowest BCUT2D eigenvalue weighted by atomic mass is 10.2. The Morgan fingerprint density at radius 2 is 2.08 bits per heavy atom. The van der Waals surface area contributed by atoms with Crippen LogP contribution in [0, 0.1) is 0 Å². The van der Waals surface area contributed by atoms with Crippen molar-refractivity contribution in [3.63, 3.8) is 0 Å². The minimum atomic E-state index is 0.800. The Kier molecular flexibility index (Phi) is 4.48. The Labute approximate surface area is 147 Å². The molecule has 8 heteroatoms. The summed E-state index contributed by atoms with van der Waals surface area (Å²) in [6.07, 6.45) is 5.54. The van der Waals surface area contributed by atoms with E-state index in [9.17, 15) is 0 Å². The number of hydrogen-bond acceptors (Lipinski definition) is 8. The van der Waals surface area contributed by atoms with Crippen LogP contribution in [0.3, 0.4) is 0 Å². The number of nitrogens with zero attached hydrogens (tertiary/aromatic N) is 4. The van der Waals surface area contributed by atoms with Gasteiger partial charge in [0.25, 0.3) is 0 Å². The Hall–Kier alpha value is -2.32. The summed E-state index contributed by atoms with van der Waals surface area (Å²) in [4.78, 5) is 17.9. The smallest absolute Gasteiger partial charge is 0.197 e. The molecule has 0 radical (unpaired) electrons. The predicted octanol–water partition coefficient (Wildman–Crippen LogP) is 3.01. The first-order valence-electron chi connectivity index (χ1n) is 7.71. The summed E-state index contributed by atoms with van der Waals surface area (Å²) < 4.78 is 0. The highest BCUT2D eigenvalue weighted by Crippen LogP contribution is 2.27. The summed E-state index contributed by atoms with van der Waals surface area (Å²) in [5.74, 6) is 0.803. The molecule has 0 spiro atoms. The fourth-order valence-electron chi connectivity index (χ4n) is 2.35. The fraction of sp³-hybridized carbons (Fsp3) is 0.250. The van der Waals surface area contributed by atoms with E-state index >= 15 is 0 Å². The highest BCUT2D eigenvalue weighted by Gasteiger charge is 2.11. The molecule has 0 saturated heterocycles. The molecular weight excluding hydrogens is 340 g/mol. The van der Waals surface area contributed by atoms with Gasteiger partial charge in [0.1, 0.15) is 11.4 Å². The molecule has 0 atom stereocenters. The van der Waals surface area contributed by atoms with E-state index in [0.29, 0.717) is 0 Å². The van der Waals surface area contributed by atoms with Crippen LogP contribution in [0.5, 0.6) is 0 Å². The third-order valence-electron chi connectivity index (χ3n) is 3.52. The average Bonchev–Trinajstić information content (AvgIpc) is 3.26. The third-order valence-corrected chi connectivity index (χ3v) is 5.13. The zero-order chi connectivity index (χ0) is 16.2. The van der Waals surface area contributed by atoms with E-state index < -0.39 is 0 Å². The van der Waals surface area contributed by atoms with Crippen molar-refractivity contribution >= 4 is 33.8 Å². The summed E-state index contributed by atoms with van der Waals surface area (Å²) in [7, 11) is 0. The van der Waals surface area contributed by atoms with E-state index in [4.69, 9.17) is 4.98 Å². The monoisotopic (exact) mass is 356 g/mol. The number of aromatic nitrogens is 3. The normalized spacial score (nSPS) is 14.1. The molecule has 0 aromatic carbocycles. The highest BCUT2D eigenvalue weighted by molar-refractivity contribution is 7.14. The molecule has 0 bridgehead atoms. The Morgan fingerprint density at radius 1 is 1.17 bits per heavy atom. The van der Waals surface area contributed by atoms with E-state index in [1.165, 1.54) is 5.56 Å². The number of nitrogens with one attached hydrogen (secondary N) is 2. The number of hydrogen-bond donors (Lipinski definition) is 2. The van der Waals surface area contributed by atoms with Gasteiger partial charge >= 0.3 is 0 Å². The maximum absolute atomic E-state index is 4.70. The van der Waals surface area contributed by atoms with Gasteiger partial charge in [-0.05, 0) is 18.1 Å². The molecule has 4 heterocycles. The van der Waals surface area contributed by atoms with Gasteiger partial charge in [0, 0.05) is 42.7 Å². The summed E-state index contributed by atoms with van der Waals surface area (Å²) in [5, 5.41) is 12.4. The number of rotatable bonds is 4. The van der Waals surface area contributed by atoms with Crippen LogP contribution in [0.4, 0.5) is 5.13 Å². The first-order chi connectivity index (χ1) is 11.9. The zero-order valence-corrected chi connectivity index (χ0v) is 14.5. The van der Waals surface area contributed by atoms with Gasteiger partial charge in [0.15, 0.2) is 11.1 Å². The van der Waals surface area contributed by atoms with E-state index in [0.717, 1.165) is 53.4 Å². The van der Waals surface area contributed by atoms with Gasteiger partial charge in [-0.25, -0.2) is 9.97 Å². The second-order valence-corrected chi connectivity index (χ2v) is 7.14. The van der Waals surface area contributed by atoms with Crippen molar-refractivity contribution in [2.24, 2.45) is 4.99 Å². The Balaban J connectivity index is 1.45. The molecule has 1 aliphatic heterocycles. The van der Waals surface area contributed by atoms with E-state index in [2.05, 4.69) is 37.0 Å². The molecule has 6 nitrogen and oxygen atoms in total. The number of thiazole rings is 2. The number of anilines is 1. The van der Waals surface area contributed by atoms with Gasteiger partial charge in [-0.2, -0.15) is 0 Å². The SMILES string of the molecule is c1cncc(Cc2nc(-c3csc(NC4=NCCCN4)n3)cs2)c1. The molecule has 0 saturated carbocycles. The van der Waals surface area contributed by atoms with Crippen molar-refractivity contribution in [2.75, 3.05) is 18.4 Å². The van der Waals surface area contributed by atoms with Crippen molar-refractivity contribution in [1.29, 1.82) is 0 Å². The lowest BCUT2D eigenvalue weighted by molar-refractivity contribution is 0.740. The molecule has 0 amide bonds. The van der Waals surface area contributed by atoms with Crippen LogP contribution in [0.25, 0.3) is 11.4 Å². The van der Waals surface area contributed by atoms with Crippen LogP contribution < -0.4 is 10.6 Å². The van der Waals surface area contributed by atoms with Gasteiger partial charge in [0.2, 0.25) is 0 Å². The fourth-order valence-corrected chi connectivity index (χ4v) is 3.88. The minimum Gasteiger partial charge on any atom is -0.356 e. The van der Waals surface area contributed by atoms with Gasteiger partial charge in [-0.3, -0.25) is 9.98 Å². The van der Waals surface area contributed by atoms with Crippen LogP contribution in [0.2, 0.25) is 0 Å². The Morgan fingerprint density at radius 3 is 2.92 bits per heavy atom. The van der Waals surface area contributed by atoms with E-state index in [1.54, 1.807) is 28.9 Å². The summed E-state index contributed by atoms with van der Waals surface area (Å²) >= 11 is 3.22. The lowest BCUT2D eigenvalue weighted by Crippen LogP contribution is -2.35. The molecule has 1 aliphatic rings.